The van der Waals surface area contributed by atoms with Gasteiger partial charge in [0.2, 0.25) is 5.91 Å². The van der Waals surface area contributed by atoms with Gasteiger partial charge in [0.1, 0.15) is 11.6 Å². The highest BCUT2D eigenvalue weighted by Crippen LogP contribution is 2.23. The second-order valence-electron chi connectivity index (χ2n) is 7.38. The van der Waals surface area contributed by atoms with Gasteiger partial charge in [-0.1, -0.05) is 20.8 Å². The fraction of sp³-hybridized carbons (Fsp3) is 0.867. The van der Waals surface area contributed by atoms with Crippen LogP contribution in [0.3, 0.4) is 0 Å². The average molecular weight is 316 g/mol. The largest absolute Gasteiger partial charge is 0.444 e. The number of amides is 2. The molecule has 1 heterocycles. The van der Waals surface area contributed by atoms with E-state index < -0.39 is 17.7 Å². The second kappa shape index (κ2) is 6.90. The molecular formula is C15H28N2O3S. The maximum absolute atomic E-state index is 12.7. The first-order valence-electron chi connectivity index (χ1n) is 7.37. The smallest absolute Gasteiger partial charge is 0.408 e. The quantitative estimate of drug-likeness (QED) is 0.850. The van der Waals surface area contributed by atoms with Crippen molar-refractivity contribution in [2.24, 2.45) is 5.41 Å². The van der Waals surface area contributed by atoms with Crippen molar-refractivity contribution in [1.29, 1.82) is 0 Å². The van der Waals surface area contributed by atoms with Crippen molar-refractivity contribution in [3.63, 3.8) is 0 Å². The van der Waals surface area contributed by atoms with Gasteiger partial charge in [-0.05, 0) is 26.2 Å². The Morgan fingerprint density at radius 3 is 2.05 bits per heavy atom. The van der Waals surface area contributed by atoms with Gasteiger partial charge in [0.05, 0.1) is 0 Å². The van der Waals surface area contributed by atoms with E-state index in [4.69, 9.17) is 4.74 Å². The number of hydrogen-bond donors (Lipinski definition) is 1. The lowest BCUT2D eigenvalue weighted by atomic mass is 9.86. The van der Waals surface area contributed by atoms with Gasteiger partial charge >= 0.3 is 6.09 Å². The highest BCUT2D eigenvalue weighted by molar-refractivity contribution is 7.99. The summed E-state index contributed by atoms with van der Waals surface area (Å²) < 4.78 is 5.28. The summed E-state index contributed by atoms with van der Waals surface area (Å²) in [5.74, 6) is 1.89. The molecule has 21 heavy (non-hydrogen) atoms. The molecule has 0 aromatic rings. The number of hydrogen-bond acceptors (Lipinski definition) is 4. The number of carbonyl (C=O) groups excluding carboxylic acids is 2. The molecule has 1 N–H and O–H groups in total. The lowest BCUT2D eigenvalue weighted by Crippen LogP contribution is -2.56. The summed E-state index contributed by atoms with van der Waals surface area (Å²) in [5.41, 5.74) is -0.935. The molecule has 0 saturated carbocycles. The Morgan fingerprint density at radius 1 is 1.10 bits per heavy atom. The van der Waals surface area contributed by atoms with Crippen LogP contribution in [0.15, 0.2) is 0 Å². The molecule has 1 aliphatic rings. The van der Waals surface area contributed by atoms with Gasteiger partial charge in [0.25, 0.3) is 0 Å². The fourth-order valence-electron chi connectivity index (χ4n) is 2.04. The van der Waals surface area contributed by atoms with Crippen LogP contribution in [0.2, 0.25) is 0 Å². The summed E-state index contributed by atoms with van der Waals surface area (Å²) in [5, 5.41) is 2.75. The Labute approximate surface area is 132 Å². The van der Waals surface area contributed by atoms with Crippen LogP contribution >= 0.6 is 11.8 Å². The summed E-state index contributed by atoms with van der Waals surface area (Å²) in [6.45, 7) is 12.8. The number of ether oxygens (including phenoxy) is 1. The number of rotatable bonds is 2. The Kier molecular flexibility index (Phi) is 5.96. The summed E-state index contributed by atoms with van der Waals surface area (Å²) in [6, 6.07) is -0.574. The zero-order valence-corrected chi connectivity index (χ0v) is 14.8. The van der Waals surface area contributed by atoms with Gasteiger partial charge in [-0.2, -0.15) is 11.8 Å². The third-order valence-electron chi connectivity index (χ3n) is 3.10. The molecule has 5 nitrogen and oxygen atoms in total. The minimum absolute atomic E-state index is 0.0198. The third kappa shape index (κ3) is 6.16. The molecule has 0 spiro atoms. The lowest BCUT2D eigenvalue weighted by molar-refractivity contribution is -0.135. The van der Waals surface area contributed by atoms with Crippen molar-refractivity contribution >= 4 is 23.8 Å². The van der Waals surface area contributed by atoms with E-state index in [0.29, 0.717) is 0 Å². The first-order valence-corrected chi connectivity index (χ1v) is 8.52. The highest BCUT2D eigenvalue weighted by Gasteiger charge is 2.37. The zero-order valence-electron chi connectivity index (χ0n) is 14.0. The minimum atomic E-state index is -0.574. The van der Waals surface area contributed by atoms with Crippen molar-refractivity contribution in [2.75, 3.05) is 24.6 Å². The lowest BCUT2D eigenvalue weighted by Gasteiger charge is -2.36. The highest BCUT2D eigenvalue weighted by atomic mass is 32.2. The van der Waals surface area contributed by atoms with E-state index in [0.717, 1.165) is 24.6 Å². The van der Waals surface area contributed by atoms with Crippen molar-refractivity contribution in [3.8, 4) is 0 Å². The molecule has 0 radical (unpaired) electrons. The maximum Gasteiger partial charge on any atom is 0.408 e. The molecular weight excluding hydrogens is 288 g/mol. The van der Waals surface area contributed by atoms with Crippen molar-refractivity contribution in [1.82, 2.24) is 10.2 Å². The predicted octanol–water partition coefficient (Wildman–Crippen LogP) is 2.50. The van der Waals surface area contributed by atoms with Gasteiger partial charge in [-0.15, -0.1) is 0 Å². The molecule has 1 rings (SSSR count). The molecule has 0 unspecified atom stereocenters. The molecule has 6 heteroatoms. The van der Waals surface area contributed by atoms with Gasteiger partial charge in [0.15, 0.2) is 0 Å². The van der Waals surface area contributed by atoms with Crippen LogP contribution in [-0.2, 0) is 9.53 Å². The number of nitrogens with zero attached hydrogens (tertiary/aromatic N) is 1. The van der Waals surface area contributed by atoms with Gasteiger partial charge in [-0.25, -0.2) is 4.79 Å². The minimum Gasteiger partial charge on any atom is -0.444 e. The SMILES string of the molecule is CC(C)(C)OC(=O)N[C@H](C(=O)N1CCSCC1)C(C)(C)C. The molecule has 1 aliphatic heterocycles. The molecule has 1 fully saturated rings. The van der Waals surface area contributed by atoms with E-state index in [9.17, 15) is 9.59 Å². The number of alkyl carbamates (subject to hydrolysis) is 1. The Morgan fingerprint density at radius 2 is 1.62 bits per heavy atom. The average Bonchev–Trinajstić information content (AvgIpc) is 2.33. The molecule has 1 atom stereocenters. The standard InChI is InChI=1S/C15H28N2O3S/c1-14(2,3)11(16-13(19)20-15(4,5)6)12(18)17-7-9-21-10-8-17/h11H,7-10H2,1-6H3,(H,16,19)/t11-/m1/s1. The van der Waals surface area contributed by atoms with E-state index in [1.807, 2.05) is 58.2 Å². The van der Waals surface area contributed by atoms with E-state index in [1.54, 1.807) is 0 Å². The van der Waals surface area contributed by atoms with Gasteiger partial charge in [-0.3, -0.25) is 4.79 Å². The van der Waals surface area contributed by atoms with E-state index >= 15 is 0 Å². The number of nitrogens with one attached hydrogen (secondary N) is 1. The summed E-state index contributed by atoms with van der Waals surface area (Å²) in [6.07, 6.45) is -0.540. The molecule has 0 aromatic carbocycles. The first kappa shape index (κ1) is 18.1. The molecule has 1 saturated heterocycles. The maximum atomic E-state index is 12.7. The monoisotopic (exact) mass is 316 g/mol. The van der Waals surface area contributed by atoms with Crippen LogP contribution in [0, 0.1) is 5.41 Å². The van der Waals surface area contributed by atoms with Crippen molar-refractivity contribution < 1.29 is 14.3 Å². The van der Waals surface area contributed by atoms with E-state index in [1.165, 1.54) is 0 Å². The third-order valence-corrected chi connectivity index (χ3v) is 4.04. The number of carbonyl (C=O) groups is 2. The summed E-state index contributed by atoms with van der Waals surface area (Å²) >= 11 is 1.85. The van der Waals surface area contributed by atoms with Gasteiger partial charge in [0, 0.05) is 24.6 Å². The Bertz CT molecular complexity index is 379. The predicted molar refractivity (Wildman–Crippen MR) is 86.5 cm³/mol. The van der Waals surface area contributed by atoms with Crippen LogP contribution in [0.5, 0.6) is 0 Å². The van der Waals surface area contributed by atoms with Crippen molar-refractivity contribution in [2.45, 2.75) is 53.2 Å². The van der Waals surface area contributed by atoms with Crippen LogP contribution in [0.1, 0.15) is 41.5 Å². The first-order chi connectivity index (χ1) is 9.50. The molecule has 0 bridgehead atoms. The van der Waals surface area contributed by atoms with Gasteiger partial charge < -0.3 is 15.0 Å². The Balaban J connectivity index is 2.76. The van der Waals surface area contributed by atoms with Crippen LogP contribution < -0.4 is 5.32 Å². The molecule has 0 aromatic heterocycles. The normalized spacial score (nSPS) is 18.1. The zero-order chi connectivity index (χ0) is 16.3. The van der Waals surface area contributed by atoms with Crippen molar-refractivity contribution in [3.05, 3.63) is 0 Å². The molecule has 122 valence electrons. The molecule has 2 amide bonds. The molecule has 0 aliphatic carbocycles. The van der Waals surface area contributed by atoms with E-state index in [2.05, 4.69) is 5.32 Å². The second-order valence-corrected chi connectivity index (χ2v) is 8.61. The Hall–Kier alpha value is -0.910. The summed E-state index contributed by atoms with van der Waals surface area (Å²) in [7, 11) is 0. The number of thioether (sulfide) groups is 1. The van der Waals surface area contributed by atoms with Crippen LogP contribution in [-0.4, -0.2) is 53.1 Å². The fourth-order valence-corrected chi connectivity index (χ4v) is 2.94. The topological polar surface area (TPSA) is 58.6 Å². The van der Waals surface area contributed by atoms with E-state index in [-0.39, 0.29) is 11.3 Å². The van der Waals surface area contributed by atoms with Crippen LogP contribution in [0.25, 0.3) is 0 Å². The van der Waals surface area contributed by atoms with Crippen LogP contribution in [0.4, 0.5) is 4.79 Å². The summed E-state index contributed by atoms with van der Waals surface area (Å²) in [4.78, 5) is 26.5.